The Morgan fingerprint density at radius 1 is 1.35 bits per heavy atom. The Labute approximate surface area is 113 Å². The first-order chi connectivity index (χ1) is 8.11. The minimum Gasteiger partial charge on any atom is -0.376 e. The first kappa shape index (κ1) is 15.0. The molecule has 1 saturated carbocycles. The third-order valence-electron chi connectivity index (χ3n) is 3.14. The van der Waals surface area contributed by atoms with Crippen molar-refractivity contribution >= 4 is 21.8 Å². The van der Waals surface area contributed by atoms with Crippen molar-refractivity contribution in [3.8, 4) is 0 Å². The zero-order valence-corrected chi connectivity index (χ0v) is 12.5. The predicted octanol–water partition coefficient (Wildman–Crippen LogP) is 2.87. The van der Waals surface area contributed by atoms with Crippen LogP contribution in [0.25, 0.3) is 0 Å². The highest BCUT2D eigenvalue weighted by molar-refractivity contribution is 9.10. The molecule has 4 heteroatoms. The molecule has 1 aliphatic rings. The molecule has 0 aliphatic heterocycles. The summed E-state index contributed by atoms with van der Waals surface area (Å²) in [6, 6.07) is 0. The zero-order chi connectivity index (χ0) is 12.7. The van der Waals surface area contributed by atoms with E-state index in [4.69, 9.17) is 4.74 Å². The van der Waals surface area contributed by atoms with E-state index in [1.54, 1.807) is 0 Å². The van der Waals surface area contributed by atoms with Gasteiger partial charge >= 0.3 is 0 Å². The van der Waals surface area contributed by atoms with Crippen LogP contribution in [-0.2, 0) is 9.53 Å². The molecule has 0 aromatic carbocycles. The topological polar surface area (TPSA) is 38.3 Å². The van der Waals surface area contributed by atoms with Crippen molar-refractivity contribution in [3.05, 3.63) is 0 Å². The molecule has 0 bridgehead atoms. The number of ether oxygens (including phenoxy) is 1. The van der Waals surface area contributed by atoms with Crippen molar-refractivity contribution in [2.75, 3.05) is 13.2 Å². The third-order valence-corrected chi connectivity index (χ3v) is 4.62. The number of rotatable bonds is 6. The van der Waals surface area contributed by atoms with Crippen LogP contribution in [0.1, 0.15) is 46.0 Å². The predicted molar refractivity (Wildman–Crippen MR) is 73.4 cm³/mol. The van der Waals surface area contributed by atoms with Gasteiger partial charge in [-0.3, -0.25) is 4.79 Å². The van der Waals surface area contributed by atoms with Crippen molar-refractivity contribution in [2.45, 2.75) is 56.9 Å². The molecular formula is C13H24BrNO2. The molecule has 17 heavy (non-hydrogen) atoms. The number of nitrogens with one attached hydrogen (secondary N) is 1. The molecule has 1 aliphatic carbocycles. The Balaban J connectivity index is 2.05. The van der Waals surface area contributed by atoms with Gasteiger partial charge in [-0.1, -0.05) is 49.0 Å². The van der Waals surface area contributed by atoms with Crippen LogP contribution < -0.4 is 5.32 Å². The minimum atomic E-state index is -0.0998. The zero-order valence-electron chi connectivity index (χ0n) is 10.9. The molecule has 1 unspecified atom stereocenters. The number of alkyl halides is 1. The summed E-state index contributed by atoms with van der Waals surface area (Å²) in [5.74, 6) is 0.376. The van der Waals surface area contributed by atoms with Gasteiger partial charge in [0.05, 0.1) is 17.5 Å². The average Bonchev–Trinajstić information content (AvgIpc) is 2.34. The highest BCUT2D eigenvalue weighted by Crippen LogP contribution is 2.19. The molecule has 0 radical (unpaired) electrons. The van der Waals surface area contributed by atoms with Crippen molar-refractivity contribution in [2.24, 2.45) is 5.92 Å². The summed E-state index contributed by atoms with van der Waals surface area (Å²) < 4.78 is 5.74. The molecule has 0 aromatic heterocycles. The van der Waals surface area contributed by atoms with E-state index in [2.05, 4.69) is 21.2 Å². The van der Waals surface area contributed by atoms with Crippen molar-refractivity contribution < 1.29 is 9.53 Å². The summed E-state index contributed by atoms with van der Waals surface area (Å²) >= 11 is 3.38. The van der Waals surface area contributed by atoms with Gasteiger partial charge in [-0.05, 0) is 18.8 Å². The van der Waals surface area contributed by atoms with E-state index < -0.39 is 0 Å². The molecule has 3 nitrogen and oxygen atoms in total. The molecule has 0 saturated heterocycles. The van der Waals surface area contributed by atoms with Gasteiger partial charge in [0.1, 0.15) is 0 Å². The second kappa shape index (κ2) is 8.09. The Bertz CT molecular complexity index is 227. The number of hydrogen-bond acceptors (Lipinski definition) is 2. The van der Waals surface area contributed by atoms with Crippen molar-refractivity contribution in [1.82, 2.24) is 5.32 Å². The van der Waals surface area contributed by atoms with E-state index in [0.29, 0.717) is 25.2 Å². The van der Waals surface area contributed by atoms with Crippen LogP contribution in [0, 0.1) is 5.92 Å². The van der Waals surface area contributed by atoms with Crippen LogP contribution in [0.15, 0.2) is 0 Å². The quantitative estimate of drug-likeness (QED) is 0.605. The molecule has 1 rings (SSSR count). The number of halogens is 1. The molecule has 1 fully saturated rings. The molecule has 1 amide bonds. The smallest absolute Gasteiger partial charge is 0.234 e. The van der Waals surface area contributed by atoms with Crippen LogP contribution in [0.3, 0.4) is 0 Å². The average molecular weight is 306 g/mol. The van der Waals surface area contributed by atoms with Crippen LogP contribution >= 0.6 is 15.9 Å². The van der Waals surface area contributed by atoms with E-state index in [0.717, 1.165) is 0 Å². The summed E-state index contributed by atoms with van der Waals surface area (Å²) in [5.41, 5.74) is 0. The van der Waals surface area contributed by atoms with E-state index in [1.807, 2.05) is 13.8 Å². The lowest BCUT2D eigenvalue weighted by Crippen LogP contribution is -2.36. The van der Waals surface area contributed by atoms with E-state index in [9.17, 15) is 4.79 Å². The van der Waals surface area contributed by atoms with Gasteiger partial charge in [-0.2, -0.15) is 0 Å². The number of amides is 1. The molecule has 1 N–H and O–H groups in total. The van der Waals surface area contributed by atoms with Gasteiger partial charge < -0.3 is 10.1 Å². The summed E-state index contributed by atoms with van der Waals surface area (Å²) in [5, 5.41) is 2.89. The van der Waals surface area contributed by atoms with Gasteiger partial charge in [0.15, 0.2) is 0 Å². The fourth-order valence-electron chi connectivity index (χ4n) is 2.03. The Kier molecular flexibility index (Phi) is 7.12. The van der Waals surface area contributed by atoms with E-state index >= 15 is 0 Å². The van der Waals surface area contributed by atoms with Gasteiger partial charge in [-0.15, -0.1) is 0 Å². The summed E-state index contributed by atoms with van der Waals surface area (Å²) in [6.45, 7) is 5.30. The van der Waals surface area contributed by atoms with Crippen LogP contribution in [0.2, 0.25) is 0 Å². The van der Waals surface area contributed by atoms with Gasteiger partial charge in [0, 0.05) is 6.54 Å². The lowest BCUT2D eigenvalue weighted by molar-refractivity contribution is -0.121. The largest absolute Gasteiger partial charge is 0.376 e. The maximum atomic E-state index is 11.6. The lowest BCUT2D eigenvalue weighted by Gasteiger charge is -2.22. The SMILES string of the molecule is CC(C)C(Br)C(=O)NCCOC1CCCCC1. The first-order valence-corrected chi connectivity index (χ1v) is 7.56. The first-order valence-electron chi connectivity index (χ1n) is 6.64. The fraction of sp³-hybridized carbons (Fsp3) is 0.923. The standard InChI is InChI=1S/C13H24BrNO2/c1-10(2)12(14)13(16)15-8-9-17-11-6-4-3-5-7-11/h10-12H,3-9H2,1-2H3,(H,15,16). The van der Waals surface area contributed by atoms with Crippen LogP contribution in [0.5, 0.6) is 0 Å². The lowest BCUT2D eigenvalue weighted by atomic mass is 9.98. The van der Waals surface area contributed by atoms with Crippen LogP contribution in [-0.4, -0.2) is 30.0 Å². The maximum absolute atomic E-state index is 11.6. The van der Waals surface area contributed by atoms with Crippen LogP contribution in [0.4, 0.5) is 0 Å². The third kappa shape index (κ3) is 5.87. The minimum absolute atomic E-state index is 0.0623. The molecule has 0 spiro atoms. The monoisotopic (exact) mass is 305 g/mol. The normalized spacial score (nSPS) is 19.3. The van der Waals surface area contributed by atoms with Gasteiger partial charge in [0.2, 0.25) is 5.91 Å². The highest BCUT2D eigenvalue weighted by Gasteiger charge is 2.18. The fourth-order valence-corrected chi connectivity index (χ4v) is 2.19. The Hall–Kier alpha value is -0.0900. The molecule has 100 valence electrons. The molecule has 1 atom stereocenters. The molecular weight excluding hydrogens is 282 g/mol. The number of carbonyl (C=O) groups is 1. The van der Waals surface area contributed by atoms with E-state index in [-0.39, 0.29) is 10.7 Å². The summed E-state index contributed by atoms with van der Waals surface area (Å²) in [4.78, 5) is 11.5. The highest BCUT2D eigenvalue weighted by atomic mass is 79.9. The van der Waals surface area contributed by atoms with E-state index in [1.165, 1.54) is 32.1 Å². The molecule has 0 aromatic rings. The van der Waals surface area contributed by atoms with Gasteiger partial charge in [0.25, 0.3) is 0 Å². The van der Waals surface area contributed by atoms with Gasteiger partial charge in [-0.25, -0.2) is 0 Å². The number of carbonyl (C=O) groups excluding carboxylic acids is 1. The Morgan fingerprint density at radius 2 is 2.00 bits per heavy atom. The summed E-state index contributed by atoms with van der Waals surface area (Å²) in [7, 11) is 0. The van der Waals surface area contributed by atoms with Crippen molar-refractivity contribution in [1.29, 1.82) is 0 Å². The second-order valence-corrected chi connectivity index (χ2v) is 6.05. The Morgan fingerprint density at radius 3 is 2.59 bits per heavy atom. The number of hydrogen-bond donors (Lipinski definition) is 1. The summed E-state index contributed by atoms with van der Waals surface area (Å²) in [6.07, 6.45) is 6.70. The molecule has 0 heterocycles. The maximum Gasteiger partial charge on any atom is 0.234 e. The second-order valence-electron chi connectivity index (χ2n) is 5.07. The van der Waals surface area contributed by atoms with Crippen molar-refractivity contribution in [3.63, 3.8) is 0 Å².